The van der Waals surface area contributed by atoms with Crippen molar-refractivity contribution in [1.82, 2.24) is 5.32 Å². The molecule has 0 radical (unpaired) electrons. The van der Waals surface area contributed by atoms with Crippen LogP contribution in [0.25, 0.3) is 6.08 Å². The highest BCUT2D eigenvalue weighted by atomic mass is 32.2. The van der Waals surface area contributed by atoms with Crippen LogP contribution in [0, 0.1) is 0 Å². The fraction of sp³-hybridized carbons (Fsp3) is 0.238. The minimum absolute atomic E-state index is 0.124. The first-order valence-corrected chi connectivity index (χ1v) is 9.50. The number of nitrogens with zero attached hydrogens (tertiary/aromatic N) is 1. The number of ether oxygens (including phenoxy) is 1. The van der Waals surface area contributed by atoms with Gasteiger partial charge >= 0.3 is 0 Å². The van der Waals surface area contributed by atoms with Crippen molar-refractivity contribution in [3.05, 3.63) is 64.6 Å². The molecule has 4 nitrogen and oxygen atoms in total. The standard InChI is InChI=1S/C21H22N2O2S/c1-4-15-5-9-17(10-6-15)22-21-23-20(24)19(26-21)13-16-7-11-18(12-8-16)25-14(2)3/h5-14H,4H2,1-3H3,(H,22,23,24)/b19-13-. The van der Waals surface area contributed by atoms with E-state index in [4.69, 9.17) is 4.74 Å². The lowest BCUT2D eigenvalue weighted by atomic mass is 10.2. The summed E-state index contributed by atoms with van der Waals surface area (Å²) in [5, 5.41) is 3.42. The van der Waals surface area contributed by atoms with Crippen molar-refractivity contribution in [2.75, 3.05) is 0 Å². The molecule has 1 fully saturated rings. The minimum atomic E-state index is -0.124. The third kappa shape index (κ3) is 4.76. The smallest absolute Gasteiger partial charge is 0.264 e. The molecule has 1 heterocycles. The number of amidine groups is 1. The third-order valence-electron chi connectivity index (χ3n) is 3.78. The average Bonchev–Trinajstić information content (AvgIpc) is 2.96. The quantitative estimate of drug-likeness (QED) is 0.764. The van der Waals surface area contributed by atoms with Gasteiger partial charge in [0.25, 0.3) is 5.91 Å². The van der Waals surface area contributed by atoms with Crippen LogP contribution in [-0.2, 0) is 11.2 Å². The number of hydrogen-bond acceptors (Lipinski definition) is 4. The molecule has 2 aromatic carbocycles. The zero-order valence-electron chi connectivity index (χ0n) is 15.2. The zero-order valence-corrected chi connectivity index (χ0v) is 16.0. The van der Waals surface area contributed by atoms with Gasteiger partial charge in [-0.25, -0.2) is 4.99 Å². The van der Waals surface area contributed by atoms with Crippen LogP contribution < -0.4 is 10.1 Å². The number of aliphatic imine (C=N–C) groups is 1. The summed E-state index contributed by atoms with van der Waals surface area (Å²) >= 11 is 1.35. The topological polar surface area (TPSA) is 50.7 Å². The predicted octanol–water partition coefficient (Wildman–Crippen LogP) is 4.93. The van der Waals surface area contributed by atoms with E-state index in [1.54, 1.807) is 0 Å². The summed E-state index contributed by atoms with van der Waals surface area (Å²) in [6.07, 6.45) is 3.00. The van der Waals surface area contributed by atoms with Crippen molar-refractivity contribution in [3.8, 4) is 5.75 Å². The monoisotopic (exact) mass is 366 g/mol. The van der Waals surface area contributed by atoms with Gasteiger partial charge in [0, 0.05) is 0 Å². The van der Waals surface area contributed by atoms with E-state index in [2.05, 4.69) is 29.4 Å². The lowest BCUT2D eigenvalue weighted by molar-refractivity contribution is -0.115. The maximum Gasteiger partial charge on any atom is 0.264 e. The Morgan fingerprint density at radius 3 is 2.42 bits per heavy atom. The van der Waals surface area contributed by atoms with Crippen molar-refractivity contribution >= 4 is 34.6 Å². The summed E-state index contributed by atoms with van der Waals surface area (Å²) in [4.78, 5) is 17.3. The molecule has 0 unspecified atom stereocenters. The van der Waals surface area contributed by atoms with Gasteiger partial charge in [-0.1, -0.05) is 31.2 Å². The number of carbonyl (C=O) groups is 1. The Labute approximate surface area is 158 Å². The summed E-state index contributed by atoms with van der Waals surface area (Å²) in [6.45, 7) is 6.10. The number of amides is 1. The number of carbonyl (C=O) groups excluding carboxylic acids is 1. The van der Waals surface area contributed by atoms with Crippen molar-refractivity contribution in [2.24, 2.45) is 4.99 Å². The lowest BCUT2D eigenvalue weighted by Crippen LogP contribution is -2.19. The van der Waals surface area contributed by atoms with E-state index >= 15 is 0 Å². The first-order valence-electron chi connectivity index (χ1n) is 8.68. The lowest BCUT2D eigenvalue weighted by Gasteiger charge is -2.09. The van der Waals surface area contributed by atoms with Crippen molar-refractivity contribution in [1.29, 1.82) is 0 Å². The molecule has 0 saturated carbocycles. The van der Waals surface area contributed by atoms with E-state index in [0.717, 1.165) is 23.4 Å². The summed E-state index contributed by atoms with van der Waals surface area (Å²) < 4.78 is 5.64. The van der Waals surface area contributed by atoms with Gasteiger partial charge in [-0.05, 0) is 73.5 Å². The molecule has 1 N–H and O–H groups in total. The first kappa shape index (κ1) is 18.3. The molecule has 1 amide bonds. The van der Waals surface area contributed by atoms with Crippen LogP contribution in [0.3, 0.4) is 0 Å². The van der Waals surface area contributed by atoms with Gasteiger partial charge in [0.2, 0.25) is 0 Å². The van der Waals surface area contributed by atoms with E-state index in [-0.39, 0.29) is 12.0 Å². The Kier molecular flexibility index (Phi) is 5.78. The summed E-state index contributed by atoms with van der Waals surface area (Å²) in [5.41, 5.74) is 3.05. The number of rotatable bonds is 5. The molecular formula is C21H22N2O2S. The molecule has 0 aliphatic carbocycles. The molecule has 1 aliphatic heterocycles. The highest BCUT2D eigenvalue weighted by Crippen LogP contribution is 2.28. The molecule has 0 atom stereocenters. The fourth-order valence-corrected chi connectivity index (χ4v) is 3.31. The Morgan fingerprint density at radius 1 is 1.12 bits per heavy atom. The molecule has 2 aromatic rings. The van der Waals surface area contributed by atoms with Gasteiger partial charge in [0.05, 0.1) is 16.7 Å². The highest BCUT2D eigenvalue weighted by molar-refractivity contribution is 8.18. The van der Waals surface area contributed by atoms with Crippen LogP contribution in [0.1, 0.15) is 31.9 Å². The molecule has 0 bridgehead atoms. The summed E-state index contributed by atoms with van der Waals surface area (Å²) in [5.74, 6) is 0.699. The van der Waals surface area contributed by atoms with Gasteiger partial charge in [-0.3, -0.25) is 4.79 Å². The maximum absolute atomic E-state index is 12.2. The second-order valence-corrected chi connectivity index (χ2v) is 7.27. The zero-order chi connectivity index (χ0) is 18.5. The molecule has 5 heteroatoms. The molecule has 134 valence electrons. The van der Waals surface area contributed by atoms with Gasteiger partial charge < -0.3 is 10.1 Å². The van der Waals surface area contributed by atoms with E-state index < -0.39 is 0 Å². The SMILES string of the molecule is CCc1ccc(N=C2NC(=O)/C(=C/c3ccc(OC(C)C)cc3)S2)cc1. The van der Waals surface area contributed by atoms with Crippen molar-refractivity contribution in [2.45, 2.75) is 33.3 Å². The fourth-order valence-electron chi connectivity index (χ4n) is 2.47. The number of aryl methyl sites for hydroxylation is 1. The molecule has 0 aromatic heterocycles. The molecule has 0 spiro atoms. The van der Waals surface area contributed by atoms with E-state index in [0.29, 0.717) is 10.1 Å². The minimum Gasteiger partial charge on any atom is -0.491 e. The Balaban J connectivity index is 1.72. The van der Waals surface area contributed by atoms with E-state index in [1.165, 1.54) is 17.3 Å². The van der Waals surface area contributed by atoms with Crippen LogP contribution in [0.15, 0.2) is 58.4 Å². The number of nitrogens with one attached hydrogen (secondary N) is 1. The van der Waals surface area contributed by atoms with Gasteiger partial charge in [-0.2, -0.15) is 0 Å². The molecule has 3 rings (SSSR count). The second-order valence-electron chi connectivity index (χ2n) is 6.24. The van der Waals surface area contributed by atoms with Gasteiger partial charge in [0.15, 0.2) is 5.17 Å². The Morgan fingerprint density at radius 2 is 1.81 bits per heavy atom. The maximum atomic E-state index is 12.2. The third-order valence-corrected chi connectivity index (χ3v) is 4.69. The Hall–Kier alpha value is -2.53. The molecule has 26 heavy (non-hydrogen) atoms. The van der Waals surface area contributed by atoms with Crippen molar-refractivity contribution in [3.63, 3.8) is 0 Å². The van der Waals surface area contributed by atoms with E-state index in [1.807, 2.05) is 56.3 Å². The largest absolute Gasteiger partial charge is 0.491 e. The molecule has 1 aliphatic rings. The number of benzene rings is 2. The Bertz CT molecular complexity index is 837. The summed E-state index contributed by atoms with van der Waals surface area (Å²) in [7, 11) is 0. The normalized spacial score (nSPS) is 17.2. The number of thioether (sulfide) groups is 1. The van der Waals surface area contributed by atoms with Crippen molar-refractivity contribution < 1.29 is 9.53 Å². The van der Waals surface area contributed by atoms with E-state index in [9.17, 15) is 4.79 Å². The molecule has 1 saturated heterocycles. The predicted molar refractivity (Wildman–Crippen MR) is 109 cm³/mol. The van der Waals surface area contributed by atoms with Crippen LogP contribution in [0.2, 0.25) is 0 Å². The van der Waals surface area contributed by atoms with Crippen LogP contribution >= 0.6 is 11.8 Å². The van der Waals surface area contributed by atoms with Crippen LogP contribution in [-0.4, -0.2) is 17.2 Å². The second kappa shape index (κ2) is 8.23. The highest BCUT2D eigenvalue weighted by Gasteiger charge is 2.23. The summed E-state index contributed by atoms with van der Waals surface area (Å²) in [6, 6.07) is 15.7. The van der Waals surface area contributed by atoms with Gasteiger partial charge in [0.1, 0.15) is 5.75 Å². The van der Waals surface area contributed by atoms with Gasteiger partial charge in [-0.15, -0.1) is 0 Å². The number of hydrogen-bond donors (Lipinski definition) is 1. The van der Waals surface area contributed by atoms with Crippen LogP contribution in [0.5, 0.6) is 5.75 Å². The molecular weight excluding hydrogens is 344 g/mol. The van der Waals surface area contributed by atoms with Crippen LogP contribution in [0.4, 0.5) is 5.69 Å². The first-order chi connectivity index (χ1) is 12.5. The average molecular weight is 366 g/mol.